The van der Waals surface area contributed by atoms with Gasteiger partial charge in [-0.2, -0.15) is 5.10 Å². The highest BCUT2D eigenvalue weighted by Gasteiger charge is 2.21. The number of hydrogen-bond donors (Lipinski definition) is 2. The first-order valence-electron chi connectivity index (χ1n) is 7.86. The Hall–Kier alpha value is -2.95. The van der Waals surface area contributed by atoms with Gasteiger partial charge in [0.2, 0.25) is 0 Å². The van der Waals surface area contributed by atoms with Crippen molar-refractivity contribution >= 4 is 5.91 Å². The summed E-state index contributed by atoms with van der Waals surface area (Å²) in [5.74, 6) is 1.12. The maximum absolute atomic E-state index is 12.7. The average molecular weight is 320 g/mol. The lowest BCUT2D eigenvalue weighted by molar-refractivity contribution is 0.0941. The van der Waals surface area contributed by atoms with Gasteiger partial charge < -0.3 is 5.32 Å². The Balaban J connectivity index is 1.91. The van der Waals surface area contributed by atoms with Crippen LogP contribution < -0.4 is 5.32 Å². The molecule has 0 spiro atoms. The SMILES string of the molecule is Cc1nc([C@@H](NC(=O)c2ccc(C)c(C)c2)c2ccccc2)n[nH]1. The van der Waals surface area contributed by atoms with E-state index in [4.69, 9.17) is 0 Å². The van der Waals surface area contributed by atoms with E-state index in [-0.39, 0.29) is 5.91 Å². The zero-order valence-electron chi connectivity index (χ0n) is 14.0. The van der Waals surface area contributed by atoms with Crippen LogP contribution in [0.15, 0.2) is 48.5 Å². The number of rotatable bonds is 4. The monoisotopic (exact) mass is 320 g/mol. The van der Waals surface area contributed by atoms with Crippen molar-refractivity contribution in [2.75, 3.05) is 0 Å². The molecule has 122 valence electrons. The number of aryl methyl sites for hydroxylation is 3. The van der Waals surface area contributed by atoms with Gasteiger partial charge in [0, 0.05) is 5.56 Å². The molecular formula is C19H20N4O. The quantitative estimate of drug-likeness (QED) is 0.775. The van der Waals surface area contributed by atoms with Gasteiger partial charge in [-0.15, -0.1) is 0 Å². The number of nitrogens with one attached hydrogen (secondary N) is 2. The Labute approximate surface area is 141 Å². The lowest BCUT2D eigenvalue weighted by atomic mass is 10.0. The summed E-state index contributed by atoms with van der Waals surface area (Å²) in [6.07, 6.45) is 0. The third-order valence-corrected chi connectivity index (χ3v) is 4.05. The molecule has 5 heteroatoms. The van der Waals surface area contributed by atoms with Crippen molar-refractivity contribution in [3.63, 3.8) is 0 Å². The molecule has 0 bridgehead atoms. The fourth-order valence-corrected chi connectivity index (χ4v) is 2.53. The van der Waals surface area contributed by atoms with Gasteiger partial charge >= 0.3 is 0 Å². The molecule has 0 unspecified atom stereocenters. The van der Waals surface area contributed by atoms with Gasteiger partial charge in [-0.05, 0) is 49.6 Å². The molecule has 0 aliphatic rings. The van der Waals surface area contributed by atoms with E-state index in [9.17, 15) is 4.79 Å². The first-order valence-corrected chi connectivity index (χ1v) is 7.86. The summed E-state index contributed by atoms with van der Waals surface area (Å²) in [5.41, 5.74) is 3.82. The molecule has 0 saturated carbocycles. The second kappa shape index (κ2) is 6.66. The third kappa shape index (κ3) is 3.35. The molecule has 2 aromatic carbocycles. The van der Waals surface area contributed by atoms with Crippen LogP contribution in [-0.4, -0.2) is 21.1 Å². The predicted octanol–water partition coefficient (Wildman–Crippen LogP) is 3.25. The van der Waals surface area contributed by atoms with E-state index in [1.807, 2.05) is 69.3 Å². The molecule has 3 rings (SSSR count). The van der Waals surface area contributed by atoms with Crippen LogP contribution in [0, 0.1) is 20.8 Å². The van der Waals surface area contributed by atoms with Crippen molar-refractivity contribution < 1.29 is 4.79 Å². The van der Waals surface area contributed by atoms with Gasteiger partial charge in [-0.3, -0.25) is 9.89 Å². The first-order chi connectivity index (χ1) is 11.5. The summed E-state index contributed by atoms with van der Waals surface area (Å²) in [6, 6.07) is 15.0. The minimum atomic E-state index is -0.398. The maximum Gasteiger partial charge on any atom is 0.252 e. The molecule has 0 radical (unpaired) electrons. The van der Waals surface area contributed by atoms with E-state index < -0.39 is 6.04 Å². The fraction of sp³-hybridized carbons (Fsp3) is 0.211. The van der Waals surface area contributed by atoms with E-state index in [1.165, 1.54) is 0 Å². The average Bonchev–Trinajstić information content (AvgIpc) is 3.02. The van der Waals surface area contributed by atoms with E-state index in [0.29, 0.717) is 17.2 Å². The Bertz CT molecular complexity index is 855. The van der Waals surface area contributed by atoms with E-state index >= 15 is 0 Å². The molecule has 24 heavy (non-hydrogen) atoms. The maximum atomic E-state index is 12.7. The highest BCUT2D eigenvalue weighted by molar-refractivity contribution is 5.94. The number of hydrogen-bond acceptors (Lipinski definition) is 3. The number of nitrogens with zero attached hydrogens (tertiary/aromatic N) is 2. The lowest BCUT2D eigenvalue weighted by Gasteiger charge is -2.17. The Morgan fingerprint density at radius 3 is 2.42 bits per heavy atom. The molecule has 1 atom stereocenters. The minimum absolute atomic E-state index is 0.144. The smallest absolute Gasteiger partial charge is 0.252 e. The molecule has 0 saturated heterocycles. The Morgan fingerprint density at radius 2 is 1.79 bits per heavy atom. The number of benzene rings is 2. The van der Waals surface area contributed by atoms with Crippen LogP contribution in [0.5, 0.6) is 0 Å². The Kier molecular flexibility index (Phi) is 4.42. The summed E-state index contributed by atoms with van der Waals surface area (Å²) in [7, 11) is 0. The van der Waals surface area contributed by atoms with Crippen LogP contribution in [0.4, 0.5) is 0 Å². The normalized spacial score (nSPS) is 12.0. The minimum Gasteiger partial charge on any atom is -0.338 e. The molecule has 0 aliphatic heterocycles. The molecular weight excluding hydrogens is 300 g/mol. The molecule has 3 aromatic rings. The van der Waals surface area contributed by atoms with Crippen LogP contribution >= 0.6 is 0 Å². The second-order valence-electron chi connectivity index (χ2n) is 5.90. The van der Waals surface area contributed by atoms with Crippen LogP contribution in [0.2, 0.25) is 0 Å². The van der Waals surface area contributed by atoms with Crippen LogP contribution in [0.3, 0.4) is 0 Å². The highest BCUT2D eigenvalue weighted by atomic mass is 16.1. The second-order valence-corrected chi connectivity index (χ2v) is 5.90. The van der Waals surface area contributed by atoms with Crippen molar-refractivity contribution in [3.8, 4) is 0 Å². The van der Waals surface area contributed by atoms with Crippen molar-refractivity contribution in [1.82, 2.24) is 20.5 Å². The number of aromatic nitrogens is 3. The first kappa shape index (κ1) is 15.9. The number of carbonyl (C=O) groups excluding carboxylic acids is 1. The van der Waals surface area contributed by atoms with E-state index in [2.05, 4.69) is 20.5 Å². The van der Waals surface area contributed by atoms with Gasteiger partial charge in [0.05, 0.1) is 0 Å². The van der Waals surface area contributed by atoms with Crippen molar-refractivity contribution in [1.29, 1.82) is 0 Å². The van der Waals surface area contributed by atoms with E-state index in [0.717, 1.165) is 16.7 Å². The molecule has 1 heterocycles. The van der Waals surface area contributed by atoms with Crippen LogP contribution in [0.25, 0.3) is 0 Å². The van der Waals surface area contributed by atoms with Gasteiger partial charge in [0.1, 0.15) is 11.9 Å². The summed E-state index contributed by atoms with van der Waals surface area (Å²) in [4.78, 5) is 17.1. The topological polar surface area (TPSA) is 70.7 Å². The van der Waals surface area contributed by atoms with Crippen molar-refractivity contribution in [2.45, 2.75) is 26.8 Å². The zero-order valence-corrected chi connectivity index (χ0v) is 14.0. The molecule has 0 fully saturated rings. The molecule has 1 amide bonds. The largest absolute Gasteiger partial charge is 0.338 e. The summed E-state index contributed by atoms with van der Waals surface area (Å²) >= 11 is 0. The summed E-state index contributed by atoms with van der Waals surface area (Å²) in [6.45, 7) is 5.86. The predicted molar refractivity (Wildman–Crippen MR) is 92.8 cm³/mol. The van der Waals surface area contributed by atoms with Crippen LogP contribution in [-0.2, 0) is 0 Å². The zero-order chi connectivity index (χ0) is 17.1. The summed E-state index contributed by atoms with van der Waals surface area (Å²) < 4.78 is 0. The third-order valence-electron chi connectivity index (χ3n) is 4.05. The number of carbonyl (C=O) groups is 1. The van der Waals surface area contributed by atoms with Crippen LogP contribution in [0.1, 0.15) is 44.7 Å². The molecule has 1 aromatic heterocycles. The summed E-state index contributed by atoms with van der Waals surface area (Å²) in [5, 5.41) is 10.1. The van der Waals surface area contributed by atoms with Gasteiger partial charge in [-0.1, -0.05) is 36.4 Å². The molecule has 2 N–H and O–H groups in total. The fourth-order valence-electron chi connectivity index (χ4n) is 2.53. The van der Waals surface area contributed by atoms with Gasteiger partial charge in [0.15, 0.2) is 5.82 Å². The van der Waals surface area contributed by atoms with Crippen molar-refractivity contribution in [3.05, 3.63) is 82.4 Å². The lowest BCUT2D eigenvalue weighted by Crippen LogP contribution is -2.30. The van der Waals surface area contributed by atoms with Crippen molar-refractivity contribution in [2.24, 2.45) is 0 Å². The highest BCUT2D eigenvalue weighted by Crippen LogP contribution is 2.20. The molecule has 0 aliphatic carbocycles. The standard InChI is InChI=1S/C19H20N4O/c1-12-9-10-16(11-13(12)2)19(24)21-17(15-7-5-4-6-8-15)18-20-14(3)22-23-18/h4-11,17H,1-3H3,(H,21,24)(H,20,22,23)/t17-/m0/s1. The van der Waals surface area contributed by atoms with Gasteiger partial charge in [-0.25, -0.2) is 4.98 Å². The Morgan fingerprint density at radius 1 is 1.04 bits per heavy atom. The molecule has 5 nitrogen and oxygen atoms in total. The van der Waals surface area contributed by atoms with Gasteiger partial charge in [0.25, 0.3) is 5.91 Å². The number of H-pyrrole nitrogens is 1. The number of amides is 1. The van der Waals surface area contributed by atoms with E-state index in [1.54, 1.807) is 0 Å². The number of aromatic amines is 1.